The largest absolute Gasteiger partial charge is 0.508 e. The molecular formula is C22H30N6O5. The van der Waals surface area contributed by atoms with Gasteiger partial charge in [-0.25, -0.2) is 9.59 Å². The number of hydrogen-bond donors (Lipinski definition) is 3. The number of nitrogens with zero attached hydrogens (tertiary/aromatic N) is 4. The maximum atomic E-state index is 12.8. The first kappa shape index (κ1) is 24.4. The number of amides is 4. The fourth-order valence-corrected chi connectivity index (χ4v) is 4.17. The lowest BCUT2D eigenvalue weighted by Gasteiger charge is -2.40. The number of fused-ring (bicyclic) bond motifs is 1. The van der Waals surface area contributed by atoms with E-state index in [1.807, 2.05) is 11.9 Å². The lowest BCUT2D eigenvalue weighted by atomic mass is 10.1. The number of imide groups is 1. The number of aromatic hydroxyl groups is 1. The number of phenols is 1. The standard InChI is InChI=1S/C22H30N6O5/c1-26-13-23-19-18(26)21(32)28(22(33)27(19)2)12-6-4-3-5-7-17(24-14-29)25-20(31)15-8-10-16(30)11-9-15/h8-11,17-19,23,30H,3-7,12-13H2,1-2H3,(H,25,31). The number of urea groups is 1. The van der Waals surface area contributed by atoms with Crippen molar-refractivity contribution in [3.05, 3.63) is 29.8 Å². The SMILES string of the molecule is CN1CNC2C1C(=O)N(CCCCCCC(N=C=O)NC(=O)c1ccc(O)cc1)C(=O)N2C. The number of aliphatic imine (C=N–C) groups is 1. The molecule has 0 radical (unpaired) electrons. The first-order valence-electron chi connectivity index (χ1n) is 11.0. The zero-order valence-electron chi connectivity index (χ0n) is 18.9. The summed E-state index contributed by atoms with van der Waals surface area (Å²) >= 11 is 0. The minimum absolute atomic E-state index is 0.0559. The van der Waals surface area contributed by atoms with Crippen LogP contribution in [-0.4, -0.2) is 89.4 Å². The van der Waals surface area contributed by atoms with Gasteiger partial charge in [-0.1, -0.05) is 12.8 Å². The molecule has 2 aliphatic rings. The fourth-order valence-electron chi connectivity index (χ4n) is 4.17. The van der Waals surface area contributed by atoms with E-state index in [1.165, 1.54) is 35.2 Å². The molecule has 4 amide bonds. The summed E-state index contributed by atoms with van der Waals surface area (Å²) in [7, 11) is 3.56. The van der Waals surface area contributed by atoms with Gasteiger partial charge in [-0.05, 0) is 50.6 Å². The molecular weight excluding hydrogens is 428 g/mol. The average Bonchev–Trinajstić information content (AvgIpc) is 3.18. The highest BCUT2D eigenvalue weighted by Gasteiger charge is 2.49. The number of benzene rings is 1. The van der Waals surface area contributed by atoms with Crippen molar-refractivity contribution in [1.82, 2.24) is 25.3 Å². The van der Waals surface area contributed by atoms with Crippen LogP contribution in [0, 0.1) is 0 Å². The molecule has 178 valence electrons. The summed E-state index contributed by atoms with van der Waals surface area (Å²) in [4.78, 5) is 56.8. The van der Waals surface area contributed by atoms with Gasteiger partial charge in [-0.2, -0.15) is 4.99 Å². The molecule has 2 heterocycles. The van der Waals surface area contributed by atoms with Crippen LogP contribution in [0.5, 0.6) is 5.75 Å². The van der Waals surface area contributed by atoms with Gasteiger partial charge in [0.2, 0.25) is 6.08 Å². The van der Waals surface area contributed by atoms with Crippen molar-refractivity contribution in [1.29, 1.82) is 0 Å². The van der Waals surface area contributed by atoms with E-state index in [-0.39, 0.29) is 29.9 Å². The van der Waals surface area contributed by atoms with E-state index >= 15 is 0 Å². The Hall–Kier alpha value is -3.27. The molecule has 0 bridgehead atoms. The van der Waals surface area contributed by atoms with Crippen molar-refractivity contribution in [3.63, 3.8) is 0 Å². The van der Waals surface area contributed by atoms with E-state index in [9.17, 15) is 24.3 Å². The van der Waals surface area contributed by atoms with Gasteiger partial charge < -0.3 is 15.3 Å². The Bertz CT molecular complexity index is 916. The smallest absolute Gasteiger partial charge is 0.327 e. The van der Waals surface area contributed by atoms with E-state index in [1.54, 1.807) is 11.9 Å². The molecule has 33 heavy (non-hydrogen) atoms. The maximum absolute atomic E-state index is 12.8. The van der Waals surface area contributed by atoms with Crippen molar-refractivity contribution in [2.75, 3.05) is 27.3 Å². The van der Waals surface area contributed by atoms with Gasteiger partial charge in [0.1, 0.15) is 24.1 Å². The third kappa shape index (κ3) is 5.75. The number of unbranched alkanes of at least 4 members (excludes halogenated alkanes) is 3. The van der Waals surface area contributed by atoms with Gasteiger partial charge in [0, 0.05) is 19.2 Å². The molecule has 3 atom stereocenters. The Morgan fingerprint density at radius 1 is 1.21 bits per heavy atom. The maximum Gasteiger partial charge on any atom is 0.327 e. The molecule has 11 nitrogen and oxygen atoms in total. The molecule has 1 aromatic rings. The Labute approximate surface area is 192 Å². The highest BCUT2D eigenvalue weighted by molar-refractivity contribution is 6.00. The van der Waals surface area contributed by atoms with Gasteiger partial charge in [0.25, 0.3) is 11.8 Å². The third-order valence-electron chi connectivity index (χ3n) is 6.04. The minimum atomic E-state index is -0.690. The number of carbonyl (C=O) groups excluding carboxylic acids is 4. The summed E-state index contributed by atoms with van der Waals surface area (Å²) in [6.45, 7) is 0.910. The van der Waals surface area contributed by atoms with Gasteiger partial charge in [0.05, 0.1) is 6.67 Å². The van der Waals surface area contributed by atoms with E-state index in [4.69, 9.17) is 0 Å². The van der Waals surface area contributed by atoms with Gasteiger partial charge >= 0.3 is 6.03 Å². The molecule has 2 fully saturated rings. The molecule has 0 aliphatic carbocycles. The lowest BCUT2D eigenvalue weighted by Crippen LogP contribution is -2.65. The molecule has 0 saturated carbocycles. The van der Waals surface area contributed by atoms with Crippen LogP contribution in [0.25, 0.3) is 0 Å². The summed E-state index contributed by atoms with van der Waals surface area (Å²) in [6.07, 6.45) is 3.91. The van der Waals surface area contributed by atoms with Gasteiger partial charge in [0.15, 0.2) is 0 Å². The van der Waals surface area contributed by atoms with Crippen LogP contribution in [-0.2, 0) is 9.59 Å². The van der Waals surface area contributed by atoms with E-state index in [0.29, 0.717) is 38.0 Å². The molecule has 11 heteroatoms. The summed E-state index contributed by atoms with van der Waals surface area (Å²) in [5, 5.41) is 15.2. The zero-order valence-corrected chi connectivity index (χ0v) is 18.9. The van der Waals surface area contributed by atoms with E-state index < -0.39 is 12.1 Å². The van der Waals surface area contributed by atoms with E-state index in [2.05, 4.69) is 15.6 Å². The number of carbonyl (C=O) groups is 3. The number of isocyanates is 1. The molecule has 3 unspecified atom stereocenters. The molecule has 0 aromatic heterocycles. The Kier molecular flexibility index (Phi) is 8.16. The summed E-state index contributed by atoms with van der Waals surface area (Å²) < 4.78 is 0. The van der Waals surface area contributed by atoms with Crippen LogP contribution < -0.4 is 10.6 Å². The topological polar surface area (TPSA) is 135 Å². The van der Waals surface area contributed by atoms with Crippen LogP contribution in [0.4, 0.5) is 4.79 Å². The fraction of sp³-hybridized carbons (Fsp3) is 0.545. The van der Waals surface area contributed by atoms with Gasteiger partial charge in [-0.3, -0.25) is 24.7 Å². The second kappa shape index (κ2) is 11.0. The molecule has 2 aliphatic heterocycles. The van der Waals surface area contributed by atoms with Gasteiger partial charge in [-0.15, -0.1) is 0 Å². The minimum Gasteiger partial charge on any atom is -0.508 e. The van der Waals surface area contributed by atoms with Crippen LogP contribution >= 0.6 is 0 Å². The second-order valence-corrected chi connectivity index (χ2v) is 8.35. The zero-order chi connectivity index (χ0) is 24.0. The quantitative estimate of drug-likeness (QED) is 0.268. The predicted octanol–water partition coefficient (Wildman–Crippen LogP) is 0.816. The van der Waals surface area contributed by atoms with Crippen LogP contribution in [0.3, 0.4) is 0 Å². The summed E-state index contributed by atoms with van der Waals surface area (Å²) in [5.74, 6) is -0.511. The normalized spacial score (nSPS) is 21.5. The first-order valence-corrected chi connectivity index (χ1v) is 11.0. The van der Waals surface area contributed by atoms with Crippen LogP contribution in [0.15, 0.2) is 29.3 Å². The summed E-state index contributed by atoms with van der Waals surface area (Å²) in [5.41, 5.74) is 0.352. The summed E-state index contributed by atoms with van der Waals surface area (Å²) in [6, 6.07) is 5.12. The molecule has 0 spiro atoms. The van der Waals surface area contributed by atoms with E-state index in [0.717, 1.165) is 12.8 Å². The molecule has 3 rings (SSSR count). The lowest BCUT2D eigenvalue weighted by molar-refractivity contribution is -0.137. The highest BCUT2D eigenvalue weighted by atomic mass is 16.3. The van der Waals surface area contributed by atoms with Crippen LogP contribution in [0.2, 0.25) is 0 Å². The van der Waals surface area contributed by atoms with Crippen molar-refractivity contribution >= 4 is 23.9 Å². The average molecular weight is 459 g/mol. The Morgan fingerprint density at radius 2 is 1.91 bits per heavy atom. The predicted molar refractivity (Wildman–Crippen MR) is 119 cm³/mol. The van der Waals surface area contributed by atoms with Crippen molar-refractivity contribution in [3.8, 4) is 5.75 Å². The number of rotatable bonds is 10. The first-order chi connectivity index (χ1) is 15.8. The van der Waals surface area contributed by atoms with Crippen molar-refractivity contribution in [2.45, 2.75) is 50.5 Å². The number of nitrogens with one attached hydrogen (secondary N) is 2. The monoisotopic (exact) mass is 458 g/mol. The molecule has 2 saturated heterocycles. The molecule has 3 N–H and O–H groups in total. The Balaban J connectivity index is 1.41. The number of likely N-dealkylation sites (N-methyl/N-ethyl adjacent to an activating group) is 2. The van der Waals surface area contributed by atoms with Crippen molar-refractivity contribution in [2.24, 2.45) is 4.99 Å². The molecule has 1 aromatic carbocycles. The Morgan fingerprint density at radius 3 is 2.61 bits per heavy atom. The number of phenolic OH excluding ortho intramolecular Hbond substituents is 1. The second-order valence-electron chi connectivity index (χ2n) is 8.35. The van der Waals surface area contributed by atoms with Crippen LogP contribution in [0.1, 0.15) is 42.5 Å². The van der Waals surface area contributed by atoms with Crippen molar-refractivity contribution < 1.29 is 24.3 Å². The third-order valence-corrected chi connectivity index (χ3v) is 6.04. The highest BCUT2D eigenvalue weighted by Crippen LogP contribution is 2.23. The number of hydrogen-bond acceptors (Lipinski definition) is 8.